The predicted octanol–water partition coefficient (Wildman–Crippen LogP) is 2.57. The number of aryl methyl sites for hydroxylation is 1. The molecule has 0 saturated carbocycles. The molecule has 2 amide bonds. The van der Waals surface area contributed by atoms with Gasteiger partial charge in [-0.05, 0) is 37.0 Å². The number of nitrogens with zero attached hydrogens (tertiary/aromatic N) is 1. The lowest BCUT2D eigenvalue weighted by Gasteiger charge is -2.23. The molecular weight excluding hydrogens is 288 g/mol. The van der Waals surface area contributed by atoms with Crippen LogP contribution in [0.25, 0.3) is 11.1 Å². The third-order valence-electron chi connectivity index (χ3n) is 4.13. The predicted molar refractivity (Wildman–Crippen MR) is 89.6 cm³/mol. The first-order valence-corrected chi connectivity index (χ1v) is 7.67. The van der Waals surface area contributed by atoms with Crippen molar-refractivity contribution in [3.63, 3.8) is 0 Å². The summed E-state index contributed by atoms with van der Waals surface area (Å²) in [6.45, 7) is 2.54. The van der Waals surface area contributed by atoms with Gasteiger partial charge in [-0.25, -0.2) is 0 Å². The topological polar surface area (TPSA) is 63.4 Å². The third-order valence-corrected chi connectivity index (χ3v) is 4.13. The Morgan fingerprint density at radius 3 is 2.65 bits per heavy atom. The molecule has 1 heterocycles. The second-order valence-corrected chi connectivity index (χ2v) is 5.79. The second kappa shape index (κ2) is 6.24. The largest absolute Gasteiger partial charge is 0.368 e. The van der Waals surface area contributed by atoms with E-state index in [2.05, 4.69) is 0 Å². The van der Waals surface area contributed by atoms with Crippen LogP contribution < -0.4 is 5.73 Å². The molecule has 0 spiro atoms. The van der Waals surface area contributed by atoms with Crippen molar-refractivity contribution in [3.8, 4) is 11.1 Å². The van der Waals surface area contributed by atoms with Crippen LogP contribution in [0.3, 0.4) is 0 Å². The summed E-state index contributed by atoms with van der Waals surface area (Å²) in [5, 5.41) is 0. The zero-order valence-corrected chi connectivity index (χ0v) is 13.0. The molecule has 3 rings (SSSR count). The van der Waals surface area contributed by atoms with Crippen LogP contribution in [0.1, 0.15) is 22.3 Å². The lowest BCUT2D eigenvalue weighted by molar-refractivity contribution is -0.120. The Morgan fingerprint density at radius 2 is 1.91 bits per heavy atom. The summed E-state index contributed by atoms with van der Waals surface area (Å²) in [5.41, 5.74) is 9.00. The minimum atomic E-state index is -0.618. The van der Waals surface area contributed by atoms with Gasteiger partial charge in [0.05, 0.1) is 0 Å². The highest BCUT2D eigenvalue weighted by Crippen LogP contribution is 2.27. The van der Waals surface area contributed by atoms with Gasteiger partial charge in [-0.2, -0.15) is 0 Å². The van der Waals surface area contributed by atoms with E-state index >= 15 is 0 Å². The summed E-state index contributed by atoms with van der Waals surface area (Å²) in [5.74, 6) is -0.636. The number of rotatable bonds is 3. The zero-order chi connectivity index (χ0) is 16.4. The van der Waals surface area contributed by atoms with E-state index in [1.54, 1.807) is 17.4 Å². The van der Waals surface area contributed by atoms with Gasteiger partial charge in [-0.1, -0.05) is 48.0 Å². The molecule has 4 nitrogen and oxygen atoms in total. The number of benzene rings is 2. The van der Waals surface area contributed by atoms with Crippen LogP contribution in [0.2, 0.25) is 0 Å². The standard InChI is InChI=1S/C19H19N2O2/c1-13-6-4-7-14(12-13)15-8-2-3-9-16(15)19(23)21-11-5-10-17(21)18(20)22/h2-4,6-10,12,17H,5,11H2,1H3,(H2,20,22). The van der Waals surface area contributed by atoms with Crippen LogP contribution in [0, 0.1) is 13.3 Å². The van der Waals surface area contributed by atoms with Gasteiger partial charge in [0.15, 0.2) is 0 Å². The number of likely N-dealkylation sites (tertiary alicyclic amines) is 1. The zero-order valence-electron chi connectivity index (χ0n) is 13.0. The van der Waals surface area contributed by atoms with E-state index in [0.717, 1.165) is 16.7 Å². The molecule has 1 fully saturated rings. The number of carbonyl (C=O) groups is 2. The van der Waals surface area contributed by atoms with E-state index in [1.165, 1.54) is 0 Å². The Labute approximate surface area is 135 Å². The lowest BCUT2D eigenvalue weighted by atomic mass is 9.97. The van der Waals surface area contributed by atoms with E-state index in [1.807, 2.05) is 49.4 Å². The number of amides is 2. The van der Waals surface area contributed by atoms with Gasteiger partial charge >= 0.3 is 0 Å². The highest BCUT2D eigenvalue weighted by atomic mass is 16.2. The quantitative estimate of drug-likeness (QED) is 0.947. The summed E-state index contributed by atoms with van der Waals surface area (Å²) in [6, 6.07) is 14.9. The molecule has 1 atom stereocenters. The second-order valence-electron chi connectivity index (χ2n) is 5.79. The maximum absolute atomic E-state index is 12.9. The van der Waals surface area contributed by atoms with Crippen molar-refractivity contribution >= 4 is 11.8 Å². The number of primary amides is 1. The number of hydrogen-bond acceptors (Lipinski definition) is 2. The minimum Gasteiger partial charge on any atom is -0.368 e. The summed E-state index contributed by atoms with van der Waals surface area (Å²) in [4.78, 5) is 26.0. The van der Waals surface area contributed by atoms with E-state index in [4.69, 9.17) is 5.73 Å². The number of nitrogens with two attached hydrogens (primary N) is 1. The summed E-state index contributed by atoms with van der Waals surface area (Å²) in [6.07, 6.45) is 2.49. The van der Waals surface area contributed by atoms with Crippen LogP contribution in [0.4, 0.5) is 0 Å². The molecule has 0 aromatic heterocycles. The molecular formula is C19H19N2O2. The Bertz CT molecular complexity index is 755. The Balaban J connectivity index is 2.00. The van der Waals surface area contributed by atoms with Crippen molar-refractivity contribution in [1.82, 2.24) is 4.90 Å². The monoisotopic (exact) mass is 307 g/mol. The van der Waals surface area contributed by atoms with Crippen molar-refractivity contribution in [2.24, 2.45) is 5.73 Å². The molecule has 1 aliphatic rings. The lowest BCUT2D eigenvalue weighted by Crippen LogP contribution is -2.44. The molecule has 2 N–H and O–H groups in total. The van der Waals surface area contributed by atoms with Crippen LogP contribution in [0.5, 0.6) is 0 Å². The smallest absolute Gasteiger partial charge is 0.255 e. The van der Waals surface area contributed by atoms with Crippen LogP contribution >= 0.6 is 0 Å². The van der Waals surface area contributed by atoms with E-state index in [9.17, 15) is 9.59 Å². The van der Waals surface area contributed by atoms with Crippen molar-refractivity contribution in [3.05, 3.63) is 66.1 Å². The molecule has 2 aromatic carbocycles. The van der Waals surface area contributed by atoms with Gasteiger partial charge in [-0.3, -0.25) is 9.59 Å². The molecule has 1 aliphatic heterocycles. The van der Waals surface area contributed by atoms with Crippen LogP contribution in [-0.4, -0.2) is 29.3 Å². The molecule has 117 valence electrons. The number of hydrogen-bond donors (Lipinski definition) is 1. The first-order chi connectivity index (χ1) is 11.1. The van der Waals surface area contributed by atoms with E-state index < -0.39 is 11.9 Å². The van der Waals surface area contributed by atoms with Gasteiger partial charge in [0.2, 0.25) is 5.91 Å². The Hall–Kier alpha value is -2.62. The van der Waals surface area contributed by atoms with Crippen molar-refractivity contribution in [1.29, 1.82) is 0 Å². The number of carbonyl (C=O) groups excluding carboxylic acids is 2. The van der Waals surface area contributed by atoms with Gasteiger partial charge in [0.1, 0.15) is 6.04 Å². The molecule has 0 bridgehead atoms. The van der Waals surface area contributed by atoms with Gasteiger partial charge in [0, 0.05) is 12.1 Å². The minimum absolute atomic E-state index is 0.153. The van der Waals surface area contributed by atoms with Crippen molar-refractivity contribution in [2.75, 3.05) is 6.54 Å². The van der Waals surface area contributed by atoms with E-state index in [-0.39, 0.29) is 5.91 Å². The van der Waals surface area contributed by atoms with E-state index in [0.29, 0.717) is 18.5 Å². The Kier molecular flexibility index (Phi) is 4.15. The first-order valence-electron chi connectivity index (χ1n) is 7.67. The summed E-state index contributed by atoms with van der Waals surface area (Å²) in [7, 11) is 0. The molecule has 23 heavy (non-hydrogen) atoms. The third kappa shape index (κ3) is 2.97. The van der Waals surface area contributed by atoms with Gasteiger partial charge < -0.3 is 10.6 Å². The molecule has 0 aliphatic carbocycles. The maximum atomic E-state index is 12.9. The first kappa shape index (κ1) is 15.3. The fraction of sp³-hybridized carbons (Fsp3) is 0.211. The Morgan fingerprint density at radius 1 is 1.13 bits per heavy atom. The van der Waals surface area contributed by atoms with Crippen molar-refractivity contribution < 1.29 is 9.59 Å². The average Bonchev–Trinajstić information content (AvgIpc) is 3.04. The van der Waals surface area contributed by atoms with Gasteiger partial charge in [-0.15, -0.1) is 0 Å². The highest BCUT2D eigenvalue weighted by molar-refractivity contribution is 6.03. The fourth-order valence-electron chi connectivity index (χ4n) is 3.02. The molecule has 1 unspecified atom stereocenters. The van der Waals surface area contributed by atoms with Crippen LogP contribution in [0.15, 0.2) is 48.5 Å². The van der Waals surface area contributed by atoms with Crippen molar-refractivity contribution in [2.45, 2.75) is 19.4 Å². The molecule has 2 aromatic rings. The summed E-state index contributed by atoms with van der Waals surface area (Å²) >= 11 is 0. The van der Waals surface area contributed by atoms with Crippen LogP contribution in [-0.2, 0) is 4.79 Å². The highest BCUT2D eigenvalue weighted by Gasteiger charge is 2.34. The van der Waals surface area contributed by atoms with Gasteiger partial charge in [0.25, 0.3) is 5.91 Å². The fourth-order valence-corrected chi connectivity index (χ4v) is 3.02. The normalized spacial score (nSPS) is 17.3. The molecule has 1 saturated heterocycles. The molecule has 1 radical (unpaired) electrons. The molecule has 4 heteroatoms. The summed E-state index contributed by atoms with van der Waals surface area (Å²) < 4.78 is 0. The maximum Gasteiger partial charge on any atom is 0.255 e. The SMILES string of the molecule is Cc1cccc(-c2ccccc2C(=O)N2CC[CH]C2C(N)=O)c1. The average molecular weight is 307 g/mol.